The third kappa shape index (κ3) is 2.51. The highest BCUT2D eigenvalue weighted by Crippen LogP contribution is 2.31. The van der Waals surface area contributed by atoms with Crippen molar-refractivity contribution in [1.82, 2.24) is 9.80 Å². The van der Waals surface area contributed by atoms with Crippen LogP contribution in [0.15, 0.2) is 24.3 Å². The Bertz CT molecular complexity index is 470. The van der Waals surface area contributed by atoms with Gasteiger partial charge in [0.2, 0.25) is 6.10 Å². The number of amides is 1. The summed E-state index contributed by atoms with van der Waals surface area (Å²) in [6.45, 7) is 3.64. The molecular weight excluding hydrogens is 244 g/mol. The summed E-state index contributed by atoms with van der Waals surface area (Å²) in [6.07, 6.45) is -0.515. The highest BCUT2D eigenvalue weighted by molar-refractivity contribution is 5.82. The largest absolute Gasteiger partial charge is 0.485 e. The third-order valence-corrected chi connectivity index (χ3v) is 3.60. The number of ether oxygens (including phenoxy) is 2. The number of nitrogens with zero attached hydrogens (tertiary/aromatic N) is 2. The first kappa shape index (κ1) is 12.3. The molecule has 1 saturated heterocycles. The fraction of sp³-hybridized carbons (Fsp3) is 0.500. The molecule has 2 heterocycles. The molecule has 1 atom stereocenters. The van der Waals surface area contributed by atoms with Crippen LogP contribution in [0, 0.1) is 0 Å². The summed E-state index contributed by atoms with van der Waals surface area (Å²) in [5, 5.41) is 0. The van der Waals surface area contributed by atoms with Gasteiger partial charge in [0.15, 0.2) is 11.5 Å². The molecule has 0 spiro atoms. The maximum atomic E-state index is 12.4. The third-order valence-electron chi connectivity index (χ3n) is 3.60. The van der Waals surface area contributed by atoms with E-state index in [4.69, 9.17) is 9.47 Å². The van der Waals surface area contributed by atoms with Crippen molar-refractivity contribution in [2.75, 3.05) is 39.8 Å². The average molecular weight is 262 g/mol. The van der Waals surface area contributed by atoms with E-state index < -0.39 is 6.10 Å². The normalized spacial score (nSPS) is 23.2. The summed E-state index contributed by atoms with van der Waals surface area (Å²) in [5.74, 6) is 1.40. The van der Waals surface area contributed by atoms with Crippen LogP contribution in [-0.4, -0.2) is 61.6 Å². The first-order valence-electron chi connectivity index (χ1n) is 6.60. The first-order chi connectivity index (χ1) is 9.24. The van der Waals surface area contributed by atoms with Crippen molar-refractivity contribution in [1.29, 1.82) is 0 Å². The van der Waals surface area contributed by atoms with Crippen LogP contribution in [0.2, 0.25) is 0 Å². The maximum Gasteiger partial charge on any atom is 0.267 e. The van der Waals surface area contributed by atoms with E-state index in [1.54, 1.807) is 0 Å². The van der Waals surface area contributed by atoms with Crippen LogP contribution in [0.1, 0.15) is 0 Å². The number of carbonyl (C=O) groups is 1. The van der Waals surface area contributed by atoms with Crippen LogP contribution >= 0.6 is 0 Å². The van der Waals surface area contributed by atoms with Crippen LogP contribution in [-0.2, 0) is 4.79 Å². The smallest absolute Gasteiger partial charge is 0.267 e. The first-order valence-corrected chi connectivity index (χ1v) is 6.60. The Morgan fingerprint density at radius 3 is 2.58 bits per heavy atom. The van der Waals surface area contributed by atoms with Crippen LogP contribution in [0.25, 0.3) is 0 Å². The predicted molar refractivity (Wildman–Crippen MR) is 70.4 cm³/mol. The Morgan fingerprint density at radius 2 is 1.84 bits per heavy atom. The number of hydrogen-bond donors (Lipinski definition) is 0. The van der Waals surface area contributed by atoms with Crippen molar-refractivity contribution in [3.8, 4) is 11.5 Å². The fourth-order valence-corrected chi connectivity index (χ4v) is 2.37. The summed E-state index contributed by atoms with van der Waals surface area (Å²) >= 11 is 0. The summed E-state index contributed by atoms with van der Waals surface area (Å²) in [4.78, 5) is 16.5. The molecule has 0 unspecified atom stereocenters. The van der Waals surface area contributed by atoms with Crippen LogP contribution in [0.5, 0.6) is 11.5 Å². The summed E-state index contributed by atoms with van der Waals surface area (Å²) in [7, 11) is 2.07. The number of para-hydroxylation sites is 2. The highest BCUT2D eigenvalue weighted by atomic mass is 16.6. The number of rotatable bonds is 1. The van der Waals surface area contributed by atoms with E-state index in [1.165, 1.54) is 0 Å². The minimum atomic E-state index is -0.515. The zero-order valence-electron chi connectivity index (χ0n) is 11.0. The van der Waals surface area contributed by atoms with Gasteiger partial charge in [-0.1, -0.05) is 12.1 Å². The van der Waals surface area contributed by atoms with Crippen molar-refractivity contribution in [3.63, 3.8) is 0 Å². The van der Waals surface area contributed by atoms with E-state index >= 15 is 0 Å². The van der Waals surface area contributed by atoms with Crippen LogP contribution in [0.4, 0.5) is 0 Å². The molecular formula is C14H18N2O3. The number of benzene rings is 1. The maximum absolute atomic E-state index is 12.4. The molecule has 0 N–H and O–H groups in total. The number of likely N-dealkylation sites (N-methyl/N-ethyl adjacent to an activating group) is 1. The molecule has 0 radical (unpaired) electrons. The van der Waals surface area contributed by atoms with Gasteiger partial charge in [0, 0.05) is 26.2 Å². The van der Waals surface area contributed by atoms with E-state index in [0.717, 1.165) is 26.2 Å². The molecule has 2 aliphatic heterocycles. The topological polar surface area (TPSA) is 42.0 Å². The molecule has 102 valence electrons. The number of carbonyl (C=O) groups excluding carboxylic acids is 1. The molecule has 19 heavy (non-hydrogen) atoms. The monoisotopic (exact) mass is 262 g/mol. The van der Waals surface area contributed by atoms with Crippen LogP contribution < -0.4 is 9.47 Å². The molecule has 0 aromatic heterocycles. The Kier molecular flexibility index (Phi) is 3.29. The van der Waals surface area contributed by atoms with E-state index in [9.17, 15) is 4.79 Å². The quantitative estimate of drug-likeness (QED) is 0.743. The van der Waals surface area contributed by atoms with Gasteiger partial charge in [0.05, 0.1) is 0 Å². The van der Waals surface area contributed by atoms with Crippen molar-refractivity contribution >= 4 is 5.91 Å². The lowest BCUT2D eigenvalue weighted by Gasteiger charge is -2.35. The van der Waals surface area contributed by atoms with Gasteiger partial charge in [-0.15, -0.1) is 0 Å². The second-order valence-electron chi connectivity index (χ2n) is 4.99. The Balaban J connectivity index is 1.66. The lowest BCUT2D eigenvalue weighted by atomic mass is 10.2. The van der Waals surface area contributed by atoms with Crippen molar-refractivity contribution < 1.29 is 14.3 Å². The zero-order chi connectivity index (χ0) is 13.2. The second-order valence-corrected chi connectivity index (χ2v) is 4.99. The number of hydrogen-bond acceptors (Lipinski definition) is 4. The Labute approximate surface area is 112 Å². The SMILES string of the molecule is CN1CCN(C(=O)[C@H]2COc3ccccc3O2)CC1. The Morgan fingerprint density at radius 1 is 1.16 bits per heavy atom. The number of piperazine rings is 1. The summed E-state index contributed by atoms with van der Waals surface area (Å²) in [5.41, 5.74) is 0. The van der Waals surface area contributed by atoms with E-state index in [1.807, 2.05) is 29.2 Å². The molecule has 5 nitrogen and oxygen atoms in total. The molecule has 0 bridgehead atoms. The van der Waals surface area contributed by atoms with Gasteiger partial charge in [-0.25, -0.2) is 0 Å². The minimum absolute atomic E-state index is 0.0302. The molecule has 3 rings (SSSR count). The second kappa shape index (κ2) is 5.09. The molecule has 0 saturated carbocycles. The lowest BCUT2D eigenvalue weighted by Crippen LogP contribution is -2.53. The standard InChI is InChI=1S/C14H18N2O3/c1-15-6-8-16(9-7-15)14(17)13-10-18-11-4-2-3-5-12(11)19-13/h2-5,13H,6-10H2,1H3/t13-/m1/s1. The van der Waals surface area contributed by atoms with E-state index in [-0.39, 0.29) is 5.91 Å². The fourth-order valence-electron chi connectivity index (χ4n) is 2.37. The summed E-state index contributed by atoms with van der Waals surface area (Å²) < 4.78 is 11.3. The average Bonchev–Trinajstić information content (AvgIpc) is 2.47. The minimum Gasteiger partial charge on any atom is -0.485 e. The van der Waals surface area contributed by atoms with Gasteiger partial charge in [0.1, 0.15) is 6.61 Å². The Hall–Kier alpha value is -1.75. The molecule has 5 heteroatoms. The molecule has 1 amide bonds. The van der Waals surface area contributed by atoms with Gasteiger partial charge >= 0.3 is 0 Å². The lowest BCUT2D eigenvalue weighted by molar-refractivity contribution is -0.142. The van der Waals surface area contributed by atoms with Gasteiger partial charge in [0.25, 0.3) is 5.91 Å². The van der Waals surface area contributed by atoms with Gasteiger partial charge in [-0.05, 0) is 19.2 Å². The van der Waals surface area contributed by atoms with Crippen LogP contribution in [0.3, 0.4) is 0 Å². The molecule has 1 fully saturated rings. The molecule has 1 aromatic carbocycles. The van der Waals surface area contributed by atoms with E-state index in [0.29, 0.717) is 18.1 Å². The van der Waals surface area contributed by atoms with Gasteiger partial charge in [-0.3, -0.25) is 4.79 Å². The van der Waals surface area contributed by atoms with Crippen molar-refractivity contribution in [3.05, 3.63) is 24.3 Å². The predicted octanol–water partition coefficient (Wildman–Crippen LogP) is 0.600. The summed E-state index contributed by atoms with van der Waals surface area (Å²) in [6, 6.07) is 7.46. The van der Waals surface area contributed by atoms with Crippen molar-refractivity contribution in [2.24, 2.45) is 0 Å². The number of fused-ring (bicyclic) bond motifs is 1. The van der Waals surface area contributed by atoms with Gasteiger partial charge in [-0.2, -0.15) is 0 Å². The molecule has 0 aliphatic carbocycles. The molecule has 2 aliphatic rings. The molecule has 1 aromatic rings. The van der Waals surface area contributed by atoms with Gasteiger partial charge < -0.3 is 19.3 Å². The van der Waals surface area contributed by atoms with E-state index in [2.05, 4.69) is 11.9 Å². The zero-order valence-corrected chi connectivity index (χ0v) is 11.0. The van der Waals surface area contributed by atoms with Crippen molar-refractivity contribution in [2.45, 2.75) is 6.10 Å². The highest BCUT2D eigenvalue weighted by Gasteiger charge is 2.32.